The Morgan fingerprint density at radius 3 is 2.67 bits per heavy atom. The third-order valence-electron chi connectivity index (χ3n) is 2.84. The van der Waals surface area contributed by atoms with Gasteiger partial charge in [-0.3, -0.25) is 10.1 Å². The third kappa shape index (κ3) is 4.29. The summed E-state index contributed by atoms with van der Waals surface area (Å²) in [6, 6.07) is 13.4. The molecule has 2 aromatic rings. The first-order valence-electron chi connectivity index (χ1n) is 6.25. The average molecular weight is 305 g/mol. The number of nitro groups is 1. The summed E-state index contributed by atoms with van der Waals surface area (Å²) in [5.74, 6) is 0. The van der Waals surface area contributed by atoms with Crippen LogP contribution in [0.15, 0.2) is 53.7 Å². The van der Waals surface area contributed by atoms with Gasteiger partial charge < -0.3 is 4.84 Å². The van der Waals surface area contributed by atoms with Crippen LogP contribution < -0.4 is 0 Å². The first kappa shape index (κ1) is 15.0. The van der Waals surface area contributed by atoms with Crippen LogP contribution in [0, 0.1) is 10.1 Å². The molecule has 0 spiro atoms. The molecular formula is C15H13ClN2O3. The molecule has 0 aliphatic rings. The fraction of sp³-hybridized carbons (Fsp3) is 0.133. The van der Waals surface area contributed by atoms with Gasteiger partial charge in [-0.1, -0.05) is 41.0 Å². The molecule has 5 nitrogen and oxygen atoms in total. The monoisotopic (exact) mass is 304 g/mol. The number of non-ortho nitro benzene ring substituents is 1. The van der Waals surface area contributed by atoms with Gasteiger partial charge in [0.2, 0.25) is 0 Å². The Morgan fingerprint density at radius 1 is 1.29 bits per heavy atom. The molecule has 1 atom stereocenters. The van der Waals surface area contributed by atoms with E-state index < -0.39 is 4.92 Å². The van der Waals surface area contributed by atoms with E-state index in [0.29, 0.717) is 10.6 Å². The molecule has 0 radical (unpaired) electrons. The van der Waals surface area contributed by atoms with Crippen molar-refractivity contribution in [1.29, 1.82) is 0 Å². The van der Waals surface area contributed by atoms with Crippen LogP contribution in [0.4, 0.5) is 5.69 Å². The summed E-state index contributed by atoms with van der Waals surface area (Å²) in [7, 11) is 0. The minimum atomic E-state index is -0.437. The quantitative estimate of drug-likeness (QED) is 0.468. The molecule has 0 saturated carbocycles. The van der Waals surface area contributed by atoms with E-state index in [0.717, 1.165) is 5.56 Å². The zero-order valence-corrected chi connectivity index (χ0v) is 12.0. The smallest absolute Gasteiger partial charge is 0.269 e. The molecule has 0 N–H and O–H groups in total. The van der Waals surface area contributed by atoms with E-state index in [-0.39, 0.29) is 11.8 Å². The molecule has 0 heterocycles. The van der Waals surface area contributed by atoms with Crippen molar-refractivity contribution in [2.45, 2.75) is 13.0 Å². The highest BCUT2D eigenvalue weighted by molar-refractivity contribution is 6.30. The highest BCUT2D eigenvalue weighted by Gasteiger charge is 2.11. The number of benzene rings is 2. The number of halogens is 1. The van der Waals surface area contributed by atoms with Gasteiger partial charge in [-0.2, -0.15) is 0 Å². The van der Waals surface area contributed by atoms with E-state index in [2.05, 4.69) is 5.16 Å². The van der Waals surface area contributed by atoms with E-state index in [1.54, 1.807) is 37.4 Å². The van der Waals surface area contributed by atoms with Gasteiger partial charge in [0.25, 0.3) is 5.69 Å². The second-order valence-corrected chi connectivity index (χ2v) is 4.82. The Balaban J connectivity index is 2.01. The lowest BCUT2D eigenvalue weighted by Gasteiger charge is -2.09. The van der Waals surface area contributed by atoms with Crippen LogP contribution in [0.3, 0.4) is 0 Å². The number of hydrogen-bond acceptors (Lipinski definition) is 4. The molecule has 0 bridgehead atoms. The zero-order chi connectivity index (χ0) is 15.2. The van der Waals surface area contributed by atoms with E-state index in [1.807, 2.05) is 12.1 Å². The van der Waals surface area contributed by atoms with Crippen molar-refractivity contribution in [3.05, 3.63) is 74.8 Å². The van der Waals surface area contributed by atoms with Crippen LogP contribution >= 0.6 is 11.6 Å². The molecule has 2 aromatic carbocycles. The van der Waals surface area contributed by atoms with E-state index in [1.165, 1.54) is 12.1 Å². The Hall–Kier alpha value is -2.40. The Bertz CT molecular complexity index is 656. The topological polar surface area (TPSA) is 64.7 Å². The molecule has 108 valence electrons. The SMILES string of the molecule is C[C@@H](O/N=C\c1ccc(Cl)cc1)c1cccc([N+](=O)[O-])c1. The average Bonchev–Trinajstić information content (AvgIpc) is 2.49. The largest absolute Gasteiger partial charge is 0.388 e. The van der Waals surface area contributed by atoms with Gasteiger partial charge in [0, 0.05) is 22.7 Å². The summed E-state index contributed by atoms with van der Waals surface area (Å²) < 4.78 is 0. The number of nitrogens with zero attached hydrogens (tertiary/aromatic N) is 2. The molecule has 21 heavy (non-hydrogen) atoms. The summed E-state index contributed by atoms with van der Waals surface area (Å²) in [5, 5.41) is 15.3. The van der Waals surface area contributed by atoms with Gasteiger partial charge in [0.05, 0.1) is 11.1 Å². The van der Waals surface area contributed by atoms with Crippen LogP contribution in [-0.2, 0) is 4.84 Å². The van der Waals surface area contributed by atoms with Gasteiger partial charge in [0.15, 0.2) is 0 Å². The van der Waals surface area contributed by atoms with Gasteiger partial charge in [-0.25, -0.2) is 0 Å². The highest BCUT2D eigenvalue weighted by Crippen LogP contribution is 2.21. The number of hydrogen-bond donors (Lipinski definition) is 0. The minimum Gasteiger partial charge on any atom is -0.388 e. The van der Waals surface area contributed by atoms with Crippen molar-refractivity contribution in [2.24, 2.45) is 5.16 Å². The summed E-state index contributed by atoms with van der Waals surface area (Å²) in [6.45, 7) is 1.78. The lowest BCUT2D eigenvalue weighted by Crippen LogP contribution is -1.97. The van der Waals surface area contributed by atoms with Crippen LogP contribution in [0.2, 0.25) is 5.02 Å². The van der Waals surface area contributed by atoms with Crippen molar-refractivity contribution in [2.75, 3.05) is 0 Å². The van der Waals surface area contributed by atoms with Crippen molar-refractivity contribution in [1.82, 2.24) is 0 Å². The maximum atomic E-state index is 10.7. The molecule has 0 aliphatic carbocycles. The zero-order valence-electron chi connectivity index (χ0n) is 11.3. The fourth-order valence-electron chi connectivity index (χ4n) is 1.68. The lowest BCUT2D eigenvalue weighted by molar-refractivity contribution is -0.385. The Labute approximate surface area is 127 Å². The van der Waals surface area contributed by atoms with Gasteiger partial charge in [-0.15, -0.1) is 0 Å². The fourth-order valence-corrected chi connectivity index (χ4v) is 1.81. The predicted octanol–water partition coefficient (Wildman–Crippen LogP) is 4.36. The molecule has 0 saturated heterocycles. The molecule has 0 aliphatic heterocycles. The standard InChI is InChI=1S/C15H13ClN2O3/c1-11(13-3-2-4-15(9-13)18(19)20)21-17-10-12-5-7-14(16)8-6-12/h2-11H,1H3/b17-10-/t11-/m1/s1. The summed E-state index contributed by atoms with van der Waals surface area (Å²) in [6.07, 6.45) is 1.18. The van der Waals surface area contributed by atoms with Crippen molar-refractivity contribution in [3.8, 4) is 0 Å². The number of nitro benzene ring substituents is 1. The lowest BCUT2D eigenvalue weighted by atomic mass is 10.1. The molecule has 2 rings (SSSR count). The van der Waals surface area contributed by atoms with E-state index in [4.69, 9.17) is 16.4 Å². The van der Waals surface area contributed by atoms with E-state index in [9.17, 15) is 10.1 Å². The second kappa shape index (κ2) is 6.85. The summed E-state index contributed by atoms with van der Waals surface area (Å²) >= 11 is 5.79. The summed E-state index contributed by atoms with van der Waals surface area (Å²) in [5.41, 5.74) is 1.58. The van der Waals surface area contributed by atoms with Gasteiger partial charge in [0.1, 0.15) is 6.10 Å². The Kier molecular flexibility index (Phi) is 4.90. The van der Waals surface area contributed by atoms with E-state index >= 15 is 0 Å². The van der Waals surface area contributed by atoms with Crippen LogP contribution in [0.1, 0.15) is 24.2 Å². The highest BCUT2D eigenvalue weighted by atomic mass is 35.5. The maximum absolute atomic E-state index is 10.7. The number of rotatable bonds is 5. The van der Waals surface area contributed by atoms with Gasteiger partial charge in [-0.05, 0) is 24.6 Å². The molecule has 0 aromatic heterocycles. The number of oxime groups is 1. The van der Waals surface area contributed by atoms with Crippen LogP contribution in [0.25, 0.3) is 0 Å². The molecular weight excluding hydrogens is 292 g/mol. The Morgan fingerprint density at radius 2 is 2.00 bits per heavy atom. The minimum absolute atomic E-state index is 0.0321. The van der Waals surface area contributed by atoms with Crippen molar-refractivity contribution in [3.63, 3.8) is 0 Å². The third-order valence-corrected chi connectivity index (χ3v) is 3.09. The first-order chi connectivity index (χ1) is 10.1. The first-order valence-corrected chi connectivity index (χ1v) is 6.63. The normalized spacial score (nSPS) is 12.3. The summed E-state index contributed by atoms with van der Waals surface area (Å²) in [4.78, 5) is 15.6. The molecule has 0 unspecified atom stereocenters. The molecule has 6 heteroatoms. The maximum Gasteiger partial charge on any atom is 0.269 e. The predicted molar refractivity (Wildman–Crippen MR) is 81.6 cm³/mol. The van der Waals surface area contributed by atoms with Crippen molar-refractivity contribution >= 4 is 23.5 Å². The molecule has 0 fully saturated rings. The molecule has 0 amide bonds. The second-order valence-electron chi connectivity index (χ2n) is 4.39. The van der Waals surface area contributed by atoms with Crippen LogP contribution in [0.5, 0.6) is 0 Å². The van der Waals surface area contributed by atoms with Crippen LogP contribution in [-0.4, -0.2) is 11.1 Å². The van der Waals surface area contributed by atoms with Gasteiger partial charge >= 0.3 is 0 Å². The van der Waals surface area contributed by atoms with Crippen molar-refractivity contribution < 1.29 is 9.76 Å².